The first-order valence-corrected chi connectivity index (χ1v) is 9.29. The molecular weight excluding hydrogens is 324 g/mol. The Morgan fingerprint density at radius 2 is 1.50 bits per heavy atom. The molecule has 0 radical (unpaired) electrons. The zero-order valence-electron chi connectivity index (χ0n) is 15.4. The molecule has 0 aliphatic heterocycles. The molecule has 136 valence electrons. The number of nitrogens with one attached hydrogen (secondary N) is 2. The average Bonchev–Trinajstić information content (AvgIpc) is 3.14. The van der Waals surface area contributed by atoms with Gasteiger partial charge in [0.15, 0.2) is 0 Å². The number of anilines is 2. The van der Waals surface area contributed by atoms with Crippen LogP contribution in [0.4, 0.5) is 11.4 Å². The van der Waals surface area contributed by atoms with Crippen LogP contribution in [0.25, 0.3) is 0 Å². The molecule has 1 fully saturated rings. The Kier molecular flexibility index (Phi) is 5.40. The van der Waals surface area contributed by atoms with Crippen LogP contribution in [-0.4, -0.2) is 11.8 Å². The van der Waals surface area contributed by atoms with Crippen LogP contribution < -0.4 is 10.6 Å². The molecular formula is C22H26N2O2. The number of benzene rings is 2. The summed E-state index contributed by atoms with van der Waals surface area (Å²) in [7, 11) is 0. The van der Waals surface area contributed by atoms with Gasteiger partial charge in [-0.3, -0.25) is 9.59 Å². The molecule has 0 heterocycles. The Hall–Kier alpha value is -2.62. The van der Waals surface area contributed by atoms with Crippen LogP contribution >= 0.6 is 0 Å². The number of carbonyl (C=O) groups excluding carboxylic acids is 2. The molecule has 2 amide bonds. The number of hydrogen-bond donors (Lipinski definition) is 2. The molecule has 4 nitrogen and oxygen atoms in total. The van der Waals surface area contributed by atoms with Gasteiger partial charge in [-0.25, -0.2) is 0 Å². The molecule has 2 N–H and O–H groups in total. The highest BCUT2D eigenvalue weighted by atomic mass is 16.2. The SMILES string of the molecule is CC(C)C(=O)Nc1cccc(NC(=O)C2(c3ccccc3)CCCC2)c1. The van der Waals surface area contributed by atoms with E-state index in [0.717, 1.165) is 31.2 Å². The lowest BCUT2D eigenvalue weighted by atomic mass is 9.78. The predicted octanol–water partition coefficient (Wildman–Crippen LogP) is 4.73. The summed E-state index contributed by atoms with van der Waals surface area (Å²) >= 11 is 0. The molecule has 0 bridgehead atoms. The molecule has 0 aromatic heterocycles. The van der Waals surface area contributed by atoms with Gasteiger partial charge in [0.1, 0.15) is 0 Å². The van der Waals surface area contributed by atoms with Gasteiger partial charge in [0.25, 0.3) is 0 Å². The van der Waals surface area contributed by atoms with E-state index in [2.05, 4.69) is 10.6 Å². The highest BCUT2D eigenvalue weighted by molar-refractivity contribution is 6.00. The fraction of sp³-hybridized carbons (Fsp3) is 0.364. The van der Waals surface area contributed by atoms with Crippen molar-refractivity contribution in [1.82, 2.24) is 0 Å². The molecule has 2 aromatic carbocycles. The Morgan fingerprint density at radius 3 is 2.12 bits per heavy atom. The van der Waals surface area contributed by atoms with E-state index >= 15 is 0 Å². The van der Waals surface area contributed by atoms with Gasteiger partial charge in [0.05, 0.1) is 5.41 Å². The molecule has 1 aliphatic carbocycles. The molecule has 3 rings (SSSR count). The van der Waals surface area contributed by atoms with Crippen molar-refractivity contribution in [3.05, 3.63) is 60.2 Å². The minimum atomic E-state index is -0.460. The van der Waals surface area contributed by atoms with Crippen molar-refractivity contribution in [2.75, 3.05) is 10.6 Å². The standard InChI is InChI=1S/C22H26N2O2/c1-16(2)20(25)23-18-11-8-12-19(15-18)24-21(26)22(13-6-7-14-22)17-9-4-3-5-10-17/h3-5,8-12,15-16H,6-7,13-14H2,1-2H3,(H,23,25)(H,24,26). The average molecular weight is 350 g/mol. The lowest BCUT2D eigenvalue weighted by Crippen LogP contribution is -2.37. The quantitative estimate of drug-likeness (QED) is 0.819. The number of hydrogen-bond acceptors (Lipinski definition) is 2. The van der Waals surface area contributed by atoms with Crippen molar-refractivity contribution < 1.29 is 9.59 Å². The van der Waals surface area contributed by atoms with Gasteiger partial charge in [0, 0.05) is 17.3 Å². The van der Waals surface area contributed by atoms with Crippen LogP contribution in [0.1, 0.15) is 45.1 Å². The summed E-state index contributed by atoms with van der Waals surface area (Å²) < 4.78 is 0. The van der Waals surface area contributed by atoms with Crippen LogP contribution in [0.2, 0.25) is 0 Å². The van der Waals surface area contributed by atoms with Gasteiger partial charge in [-0.15, -0.1) is 0 Å². The molecule has 0 unspecified atom stereocenters. The fourth-order valence-corrected chi connectivity index (χ4v) is 3.59. The Morgan fingerprint density at radius 1 is 0.885 bits per heavy atom. The Balaban J connectivity index is 1.79. The summed E-state index contributed by atoms with van der Waals surface area (Å²) in [5.41, 5.74) is 2.03. The van der Waals surface area contributed by atoms with E-state index in [1.54, 1.807) is 0 Å². The minimum Gasteiger partial charge on any atom is -0.326 e. The van der Waals surface area contributed by atoms with Gasteiger partial charge < -0.3 is 10.6 Å². The molecule has 0 spiro atoms. The summed E-state index contributed by atoms with van der Waals surface area (Å²) in [5, 5.41) is 5.95. The highest BCUT2D eigenvalue weighted by Crippen LogP contribution is 2.42. The largest absolute Gasteiger partial charge is 0.326 e. The third-order valence-corrected chi connectivity index (χ3v) is 5.13. The summed E-state index contributed by atoms with van der Waals surface area (Å²) in [6, 6.07) is 17.4. The van der Waals surface area contributed by atoms with Crippen LogP contribution in [0.3, 0.4) is 0 Å². The van der Waals surface area contributed by atoms with Gasteiger partial charge >= 0.3 is 0 Å². The topological polar surface area (TPSA) is 58.2 Å². The second kappa shape index (κ2) is 7.73. The van der Waals surface area contributed by atoms with Crippen LogP contribution in [0.15, 0.2) is 54.6 Å². The van der Waals surface area contributed by atoms with Gasteiger partial charge in [-0.1, -0.05) is 63.1 Å². The molecule has 26 heavy (non-hydrogen) atoms. The van der Waals surface area contributed by atoms with Crippen molar-refractivity contribution in [3.8, 4) is 0 Å². The maximum atomic E-state index is 13.2. The van der Waals surface area contributed by atoms with E-state index in [0.29, 0.717) is 11.4 Å². The summed E-state index contributed by atoms with van der Waals surface area (Å²) in [4.78, 5) is 25.1. The first-order valence-electron chi connectivity index (χ1n) is 9.29. The van der Waals surface area contributed by atoms with Crippen molar-refractivity contribution in [2.45, 2.75) is 44.9 Å². The zero-order chi connectivity index (χ0) is 18.6. The van der Waals surface area contributed by atoms with E-state index in [9.17, 15) is 9.59 Å². The first-order chi connectivity index (χ1) is 12.5. The van der Waals surface area contributed by atoms with E-state index in [1.807, 2.05) is 68.4 Å². The van der Waals surface area contributed by atoms with Crippen LogP contribution in [-0.2, 0) is 15.0 Å². The molecule has 0 atom stereocenters. The minimum absolute atomic E-state index is 0.0357. The predicted molar refractivity (Wildman–Crippen MR) is 105 cm³/mol. The van der Waals surface area contributed by atoms with Gasteiger partial charge in [0.2, 0.25) is 11.8 Å². The van der Waals surface area contributed by atoms with Gasteiger partial charge in [-0.05, 0) is 36.6 Å². The molecule has 0 saturated heterocycles. The van der Waals surface area contributed by atoms with E-state index < -0.39 is 5.41 Å². The summed E-state index contributed by atoms with van der Waals surface area (Å²) in [5.74, 6) is -0.0911. The second-order valence-corrected chi connectivity index (χ2v) is 7.33. The third kappa shape index (κ3) is 3.79. The maximum Gasteiger partial charge on any atom is 0.235 e. The lowest BCUT2D eigenvalue weighted by molar-refractivity contribution is -0.121. The highest BCUT2D eigenvalue weighted by Gasteiger charge is 2.42. The van der Waals surface area contributed by atoms with E-state index in [-0.39, 0.29) is 17.7 Å². The lowest BCUT2D eigenvalue weighted by Gasteiger charge is -2.28. The van der Waals surface area contributed by atoms with E-state index in [4.69, 9.17) is 0 Å². The number of carbonyl (C=O) groups is 2. The van der Waals surface area contributed by atoms with Crippen LogP contribution in [0, 0.1) is 5.92 Å². The summed E-state index contributed by atoms with van der Waals surface area (Å²) in [6.07, 6.45) is 3.86. The normalized spacial score (nSPS) is 15.7. The van der Waals surface area contributed by atoms with Crippen molar-refractivity contribution in [2.24, 2.45) is 5.92 Å². The molecule has 1 saturated carbocycles. The van der Waals surface area contributed by atoms with Crippen LogP contribution in [0.5, 0.6) is 0 Å². The maximum absolute atomic E-state index is 13.2. The fourth-order valence-electron chi connectivity index (χ4n) is 3.59. The number of rotatable bonds is 5. The number of amides is 2. The molecule has 2 aromatic rings. The Bertz CT molecular complexity index is 778. The summed E-state index contributed by atoms with van der Waals surface area (Å²) in [6.45, 7) is 3.70. The van der Waals surface area contributed by atoms with Crippen molar-refractivity contribution >= 4 is 23.2 Å². The smallest absolute Gasteiger partial charge is 0.235 e. The second-order valence-electron chi connectivity index (χ2n) is 7.33. The monoisotopic (exact) mass is 350 g/mol. The third-order valence-electron chi connectivity index (χ3n) is 5.13. The molecule has 4 heteroatoms. The first kappa shape index (κ1) is 18.2. The Labute approximate surface area is 155 Å². The van der Waals surface area contributed by atoms with Gasteiger partial charge in [-0.2, -0.15) is 0 Å². The van der Waals surface area contributed by atoms with Crippen molar-refractivity contribution in [1.29, 1.82) is 0 Å². The zero-order valence-corrected chi connectivity index (χ0v) is 15.4. The molecule has 1 aliphatic rings. The van der Waals surface area contributed by atoms with E-state index in [1.165, 1.54) is 0 Å². The van der Waals surface area contributed by atoms with Crippen molar-refractivity contribution in [3.63, 3.8) is 0 Å².